The van der Waals surface area contributed by atoms with Crippen molar-refractivity contribution < 1.29 is 14.5 Å². The lowest BCUT2D eigenvalue weighted by molar-refractivity contribution is -0.384. The Hall–Kier alpha value is -3.45. The lowest BCUT2D eigenvalue weighted by Gasteiger charge is -2.17. The first-order chi connectivity index (χ1) is 13.5. The third-order valence-electron chi connectivity index (χ3n) is 4.53. The van der Waals surface area contributed by atoms with Crippen LogP contribution in [0.4, 0.5) is 11.4 Å². The zero-order chi connectivity index (χ0) is 20.1. The van der Waals surface area contributed by atoms with Gasteiger partial charge in [0, 0.05) is 12.1 Å². The summed E-state index contributed by atoms with van der Waals surface area (Å²) >= 11 is 0. The van der Waals surface area contributed by atoms with Crippen molar-refractivity contribution in [1.82, 2.24) is 5.32 Å². The van der Waals surface area contributed by atoms with Gasteiger partial charge < -0.3 is 15.4 Å². The molecule has 0 aliphatic heterocycles. The second-order valence-corrected chi connectivity index (χ2v) is 6.36. The number of amides is 1. The summed E-state index contributed by atoms with van der Waals surface area (Å²) in [7, 11) is 1.40. The molecule has 3 aromatic carbocycles. The maximum atomic E-state index is 12.3. The van der Waals surface area contributed by atoms with Crippen molar-refractivity contribution in [2.45, 2.75) is 13.0 Å². The smallest absolute Gasteiger partial charge is 0.273 e. The predicted octanol–water partition coefficient (Wildman–Crippen LogP) is 4.05. The molecule has 0 fully saturated rings. The van der Waals surface area contributed by atoms with Crippen molar-refractivity contribution in [2.75, 3.05) is 19.0 Å². The van der Waals surface area contributed by atoms with E-state index >= 15 is 0 Å². The monoisotopic (exact) mass is 379 g/mol. The van der Waals surface area contributed by atoms with Crippen LogP contribution in [0, 0.1) is 10.1 Å². The van der Waals surface area contributed by atoms with E-state index in [0.29, 0.717) is 5.69 Å². The van der Waals surface area contributed by atoms with Crippen LogP contribution < -0.4 is 15.4 Å². The molecule has 7 heteroatoms. The number of anilines is 1. The average Bonchev–Trinajstić information content (AvgIpc) is 2.71. The number of benzene rings is 3. The Kier molecular flexibility index (Phi) is 5.86. The van der Waals surface area contributed by atoms with Gasteiger partial charge in [-0.15, -0.1) is 0 Å². The molecule has 0 saturated heterocycles. The van der Waals surface area contributed by atoms with E-state index < -0.39 is 4.92 Å². The number of carbonyl (C=O) groups is 1. The van der Waals surface area contributed by atoms with Gasteiger partial charge in [0.1, 0.15) is 5.75 Å². The van der Waals surface area contributed by atoms with Crippen molar-refractivity contribution in [3.8, 4) is 5.75 Å². The number of hydrogen-bond acceptors (Lipinski definition) is 5. The van der Waals surface area contributed by atoms with Crippen LogP contribution in [0.5, 0.6) is 5.75 Å². The van der Waals surface area contributed by atoms with Crippen molar-refractivity contribution in [2.24, 2.45) is 0 Å². The van der Waals surface area contributed by atoms with E-state index in [-0.39, 0.29) is 29.9 Å². The van der Waals surface area contributed by atoms with Crippen LogP contribution in [-0.2, 0) is 4.79 Å². The summed E-state index contributed by atoms with van der Waals surface area (Å²) < 4.78 is 5.14. The minimum Gasteiger partial charge on any atom is -0.494 e. The Morgan fingerprint density at radius 2 is 1.89 bits per heavy atom. The first kappa shape index (κ1) is 19.3. The Morgan fingerprint density at radius 3 is 2.64 bits per heavy atom. The van der Waals surface area contributed by atoms with Gasteiger partial charge in [-0.25, -0.2) is 0 Å². The van der Waals surface area contributed by atoms with Gasteiger partial charge in [0.05, 0.1) is 30.3 Å². The summed E-state index contributed by atoms with van der Waals surface area (Å²) in [6.07, 6.45) is 0. The standard InChI is InChI=1S/C21H21N3O4/c1-14(17-9-5-7-15-6-3-4-8-18(15)17)22-13-21(25)23-19-11-10-16(24(26)27)12-20(19)28-2/h3-12,14,22H,13H2,1-2H3,(H,23,25)/t14-/m0/s1. The fraction of sp³-hybridized carbons (Fsp3) is 0.190. The maximum Gasteiger partial charge on any atom is 0.273 e. The van der Waals surface area contributed by atoms with E-state index in [1.165, 1.54) is 25.3 Å². The van der Waals surface area contributed by atoms with Gasteiger partial charge in [-0.2, -0.15) is 0 Å². The molecule has 1 atom stereocenters. The number of carbonyl (C=O) groups excluding carboxylic acids is 1. The molecule has 0 heterocycles. The number of nitrogens with zero attached hydrogens (tertiary/aromatic N) is 1. The van der Waals surface area contributed by atoms with Gasteiger partial charge in [0.2, 0.25) is 5.91 Å². The number of nitrogens with one attached hydrogen (secondary N) is 2. The number of rotatable bonds is 7. The number of nitro groups is 1. The number of nitro benzene ring substituents is 1. The number of non-ortho nitro benzene ring substituents is 1. The number of ether oxygens (including phenoxy) is 1. The largest absolute Gasteiger partial charge is 0.494 e. The summed E-state index contributed by atoms with van der Waals surface area (Å²) in [6.45, 7) is 2.09. The van der Waals surface area contributed by atoms with Crippen molar-refractivity contribution in [3.63, 3.8) is 0 Å². The summed E-state index contributed by atoms with van der Waals surface area (Å²) in [5.41, 5.74) is 1.40. The molecular formula is C21H21N3O4. The molecule has 0 saturated carbocycles. The second kappa shape index (κ2) is 8.49. The Balaban J connectivity index is 1.66. The van der Waals surface area contributed by atoms with Gasteiger partial charge >= 0.3 is 0 Å². The van der Waals surface area contributed by atoms with E-state index in [2.05, 4.69) is 28.8 Å². The van der Waals surface area contributed by atoms with E-state index in [1.807, 2.05) is 31.2 Å². The number of hydrogen-bond donors (Lipinski definition) is 2. The normalized spacial score (nSPS) is 11.8. The van der Waals surface area contributed by atoms with Crippen LogP contribution in [0.25, 0.3) is 10.8 Å². The lowest BCUT2D eigenvalue weighted by Crippen LogP contribution is -2.30. The van der Waals surface area contributed by atoms with Crippen LogP contribution in [0.2, 0.25) is 0 Å². The zero-order valence-corrected chi connectivity index (χ0v) is 15.6. The zero-order valence-electron chi connectivity index (χ0n) is 15.6. The highest BCUT2D eigenvalue weighted by atomic mass is 16.6. The van der Waals surface area contributed by atoms with Crippen LogP contribution in [-0.4, -0.2) is 24.5 Å². The minimum atomic E-state index is -0.512. The third-order valence-corrected chi connectivity index (χ3v) is 4.53. The summed E-state index contributed by atoms with van der Waals surface area (Å²) in [4.78, 5) is 22.7. The molecule has 7 nitrogen and oxygen atoms in total. The molecular weight excluding hydrogens is 358 g/mol. The van der Waals surface area contributed by atoms with E-state index in [9.17, 15) is 14.9 Å². The van der Waals surface area contributed by atoms with E-state index in [4.69, 9.17) is 4.74 Å². The van der Waals surface area contributed by atoms with E-state index in [0.717, 1.165) is 16.3 Å². The molecule has 0 spiro atoms. The summed E-state index contributed by atoms with van der Waals surface area (Å²) in [5, 5.41) is 19.1. The number of fused-ring (bicyclic) bond motifs is 1. The van der Waals surface area contributed by atoms with Gasteiger partial charge in [-0.05, 0) is 29.3 Å². The van der Waals surface area contributed by atoms with Crippen molar-refractivity contribution in [1.29, 1.82) is 0 Å². The lowest BCUT2D eigenvalue weighted by atomic mass is 10.00. The molecule has 2 N–H and O–H groups in total. The van der Waals surface area contributed by atoms with Gasteiger partial charge in [0.25, 0.3) is 5.69 Å². The van der Waals surface area contributed by atoms with Crippen LogP contribution >= 0.6 is 0 Å². The fourth-order valence-corrected chi connectivity index (χ4v) is 3.07. The molecule has 3 aromatic rings. The SMILES string of the molecule is COc1cc([N+](=O)[O-])ccc1NC(=O)CN[C@@H](C)c1cccc2ccccc12. The van der Waals surface area contributed by atoms with Gasteiger partial charge in [0.15, 0.2) is 0 Å². The summed E-state index contributed by atoms with van der Waals surface area (Å²) in [5.74, 6) is -0.0242. The highest BCUT2D eigenvalue weighted by molar-refractivity contribution is 5.94. The maximum absolute atomic E-state index is 12.3. The summed E-state index contributed by atoms with van der Waals surface area (Å²) in [6, 6.07) is 18.2. The predicted molar refractivity (Wildman–Crippen MR) is 109 cm³/mol. The fourth-order valence-electron chi connectivity index (χ4n) is 3.07. The first-order valence-electron chi connectivity index (χ1n) is 8.83. The Labute approximate surface area is 162 Å². The molecule has 28 heavy (non-hydrogen) atoms. The molecule has 1 amide bonds. The van der Waals surface area contributed by atoms with Crippen LogP contribution in [0.1, 0.15) is 18.5 Å². The minimum absolute atomic E-state index is 0.0318. The van der Waals surface area contributed by atoms with Gasteiger partial charge in [-0.1, -0.05) is 42.5 Å². The van der Waals surface area contributed by atoms with Crippen molar-refractivity contribution in [3.05, 3.63) is 76.3 Å². The van der Waals surface area contributed by atoms with Crippen LogP contribution in [0.15, 0.2) is 60.7 Å². The molecule has 0 aliphatic carbocycles. The molecule has 0 unspecified atom stereocenters. The average molecular weight is 379 g/mol. The Bertz CT molecular complexity index is 1010. The first-order valence-corrected chi connectivity index (χ1v) is 8.83. The molecule has 144 valence electrons. The molecule has 0 radical (unpaired) electrons. The quantitative estimate of drug-likeness (QED) is 0.477. The molecule has 3 rings (SSSR count). The van der Waals surface area contributed by atoms with E-state index in [1.54, 1.807) is 0 Å². The molecule has 0 aliphatic rings. The topological polar surface area (TPSA) is 93.5 Å². The molecule has 0 bridgehead atoms. The second-order valence-electron chi connectivity index (χ2n) is 6.36. The highest BCUT2D eigenvalue weighted by Gasteiger charge is 2.15. The van der Waals surface area contributed by atoms with Crippen LogP contribution in [0.3, 0.4) is 0 Å². The number of methoxy groups -OCH3 is 1. The van der Waals surface area contributed by atoms with Gasteiger partial charge in [-0.3, -0.25) is 14.9 Å². The highest BCUT2D eigenvalue weighted by Crippen LogP contribution is 2.29. The molecule has 0 aromatic heterocycles. The Morgan fingerprint density at radius 1 is 1.14 bits per heavy atom. The third kappa shape index (κ3) is 4.27. The van der Waals surface area contributed by atoms with Crippen molar-refractivity contribution >= 4 is 28.1 Å².